The number of pyridine rings is 2. The predicted octanol–water partition coefficient (Wildman–Crippen LogP) is 3.81. The van der Waals surface area contributed by atoms with Gasteiger partial charge in [-0.1, -0.05) is 6.07 Å². The Morgan fingerprint density at radius 1 is 0.821 bits per heavy atom. The Morgan fingerprint density at radius 3 is 2.21 bits per heavy atom. The molecule has 0 N–H and O–H groups in total. The molecule has 2 heterocycles. The standard InChI is InChI=1S/C22H20FN3O2/c23-20-5-3-19(4-6-20)21(27)7-8-22(28)26(15-17-9-12-24-13-10-17)16-18-2-1-11-25-14-18/h1-6,9-14H,7-8,15-16H2. The van der Waals surface area contributed by atoms with E-state index in [0.717, 1.165) is 11.1 Å². The van der Waals surface area contributed by atoms with Gasteiger partial charge in [0.2, 0.25) is 5.91 Å². The topological polar surface area (TPSA) is 63.2 Å². The van der Waals surface area contributed by atoms with Crippen molar-refractivity contribution in [2.24, 2.45) is 0 Å². The Bertz CT molecular complexity index is 874. The zero-order valence-electron chi connectivity index (χ0n) is 15.3. The quantitative estimate of drug-likeness (QED) is 0.560. The highest BCUT2D eigenvalue weighted by Gasteiger charge is 2.17. The number of hydrogen-bond acceptors (Lipinski definition) is 4. The fourth-order valence-electron chi connectivity index (χ4n) is 2.81. The summed E-state index contributed by atoms with van der Waals surface area (Å²) in [6.07, 6.45) is 6.92. The van der Waals surface area contributed by atoms with Crippen molar-refractivity contribution in [1.82, 2.24) is 14.9 Å². The first kappa shape index (κ1) is 19.4. The first-order valence-electron chi connectivity index (χ1n) is 8.96. The lowest BCUT2D eigenvalue weighted by molar-refractivity contribution is -0.132. The van der Waals surface area contributed by atoms with E-state index in [4.69, 9.17) is 0 Å². The highest BCUT2D eigenvalue weighted by Crippen LogP contribution is 2.13. The largest absolute Gasteiger partial charge is 0.334 e. The van der Waals surface area contributed by atoms with E-state index in [1.54, 1.807) is 29.7 Å². The third-order valence-electron chi connectivity index (χ3n) is 4.30. The maximum Gasteiger partial charge on any atom is 0.223 e. The maximum atomic E-state index is 13.0. The predicted molar refractivity (Wildman–Crippen MR) is 103 cm³/mol. The van der Waals surface area contributed by atoms with E-state index in [1.165, 1.54) is 24.3 Å². The lowest BCUT2D eigenvalue weighted by atomic mass is 10.1. The minimum absolute atomic E-state index is 0.0738. The van der Waals surface area contributed by atoms with Crippen molar-refractivity contribution in [2.45, 2.75) is 25.9 Å². The molecule has 6 heteroatoms. The molecule has 0 fully saturated rings. The summed E-state index contributed by atoms with van der Waals surface area (Å²) in [5.41, 5.74) is 2.27. The minimum Gasteiger partial charge on any atom is -0.334 e. The summed E-state index contributed by atoms with van der Waals surface area (Å²) in [4.78, 5) is 34.9. The third kappa shape index (κ3) is 5.54. The van der Waals surface area contributed by atoms with Gasteiger partial charge in [0.1, 0.15) is 5.82 Å². The molecule has 0 aliphatic heterocycles. The molecule has 0 bridgehead atoms. The lowest BCUT2D eigenvalue weighted by Gasteiger charge is -2.23. The maximum absolute atomic E-state index is 13.0. The van der Waals surface area contributed by atoms with Crippen molar-refractivity contribution < 1.29 is 14.0 Å². The van der Waals surface area contributed by atoms with Crippen LogP contribution in [0.1, 0.15) is 34.3 Å². The van der Waals surface area contributed by atoms with E-state index < -0.39 is 5.82 Å². The Hall–Kier alpha value is -3.41. The molecule has 3 rings (SSSR count). The summed E-state index contributed by atoms with van der Waals surface area (Å²) in [5.74, 6) is -0.706. The monoisotopic (exact) mass is 377 g/mol. The number of nitrogens with zero attached hydrogens (tertiary/aromatic N) is 3. The number of ketones is 1. The number of aromatic nitrogens is 2. The Kier molecular flexibility index (Phi) is 6.57. The van der Waals surface area contributed by atoms with Gasteiger partial charge < -0.3 is 4.90 Å². The third-order valence-corrected chi connectivity index (χ3v) is 4.30. The number of Topliss-reactive ketones (excluding diaryl/α,β-unsaturated/α-hetero) is 1. The van der Waals surface area contributed by atoms with E-state index in [2.05, 4.69) is 9.97 Å². The van der Waals surface area contributed by atoms with E-state index >= 15 is 0 Å². The number of amides is 1. The van der Waals surface area contributed by atoms with Crippen molar-refractivity contribution >= 4 is 11.7 Å². The minimum atomic E-state index is -0.396. The second kappa shape index (κ2) is 9.50. The molecule has 5 nitrogen and oxygen atoms in total. The number of rotatable bonds is 8. The van der Waals surface area contributed by atoms with Gasteiger partial charge in [0.15, 0.2) is 5.78 Å². The van der Waals surface area contributed by atoms with Gasteiger partial charge in [0.05, 0.1) is 0 Å². The van der Waals surface area contributed by atoms with Crippen LogP contribution in [0.15, 0.2) is 73.3 Å². The summed E-state index contributed by atoms with van der Waals surface area (Å²) >= 11 is 0. The van der Waals surface area contributed by atoms with Crippen LogP contribution in [0, 0.1) is 5.82 Å². The smallest absolute Gasteiger partial charge is 0.223 e. The van der Waals surface area contributed by atoms with E-state index in [9.17, 15) is 14.0 Å². The molecule has 0 saturated carbocycles. The molecule has 142 valence electrons. The molecular formula is C22H20FN3O2. The van der Waals surface area contributed by atoms with Gasteiger partial charge in [-0.3, -0.25) is 19.6 Å². The molecule has 0 unspecified atom stereocenters. The summed E-state index contributed by atoms with van der Waals surface area (Å²) < 4.78 is 13.0. The van der Waals surface area contributed by atoms with Gasteiger partial charge >= 0.3 is 0 Å². The fraction of sp³-hybridized carbons (Fsp3) is 0.182. The van der Waals surface area contributed by atoms with Crippen LogP contribution < -0.4 is 0 Å². The summed E-state index contributed by atoms with van der Waals surface area (Å²) in [6.45, 7) is 0.820. The first-order valence-corrected chi connectivity index (χ1v) is 8.96. The molecule has 28 heavy (non-hydrogen) atoms. The number of hydrogen-bond donors (Lipinski definition) is 0. The highest BCUT2D eigenvalue weighted by atomic mass is 19.1. The Balaban J connectivity index is 1.66. The van der Waals surface area contributed by atoms with Crippen molar-refractivity contribution in [1.29, 1.82) is 0 Å². The van der Waals surface area contributed by atoms with Crippen LogP contribution in [-0.4, -0.2) is 26.6 Å². The average molecular weight is 377 g/mol. The van der Waals surface area contributed by atoms with Crippen molar-refractivity contribution in [3.8, 4) is 0 Å². The molecule has 0 radical (unpaired) electrons. The summed E-state index contributed by atoms with van der Waals surface area (Å²) in [5, 5.41) is 0. The van der Waals surface area contributed by atoms with E-state index in [0.29, 0.717) is 18.7 Å². The molecule has 0 aliphatic carbocycles. The Morgan fingerprint density at radius 2 is 1.54 bits per heavy atom. The molecule has 1 amide bonds. The van der Waals surface area contributed by atoms with Crippen molar-refractivity contribution in [3.63, 3.8) is 0 Å². The molecule has 3 aromatic rings. The summed E-state index contributed by atoms with van der Waals surface area (Å²) in [7, 11) is 0. The number of carbonyl (C=O) groups is 2. The van der Waals surface area contributed by atoms with Crippen LogP contribution in [-0.2, 0) is 17.9 Å². The van der Waals surface area contributed by atoms with Gasteiger partial charge in [-0.15, -0.1) is 0 Å². The number of halogens is 1. The van der Waals surface area contributed by atoms with Crippen LogP contribution in [0.25, 0.3) is 0 Å². The molecule has 0 aliphatic rings. The molecule has 0 spiro atoms. The molecule has 0 saturated heterocycles. The van der Waals surface area contributed by atoms with Gasteiger partial charge in [-0.05, 0) is 53.6 Å². The van der Waals surface area contributed by atoms with Gasteiger partial charge in [-0.2, -0.15) is 0 Å². The average Bonchev–Trinajstić information content (AvgIpc) is 2.73. The Labute approximate surface area is 162 Å². The van der Waals surface area contributed by atoms with Gasteiger partial charge in [0.25, 0.3) is 0 Å². The van der Waals surface area contributed by atoms with Gasteiger partial charge in [0, 0.05) is 56.3 Å². The van der Waals surface area contributed by atoms with E-state index in [-0.39, 0.29) is 24.5 Å². The van der Waals surface area contributed by atoms with E-state index in [1.807, 2.05) is 24.3 Å². The van der Waals surface area contributed by atoms with Crippen molar-refractivity contribution in [3.05, 3.63) is 95.8 Å². The van der Waals surface area contributed by atoms with Crippen LogP contribution in [0.5, 0.6) is 0 Å². The molecule has 0 atom stereocenters. The zero-order valence-corrected chi connectivity index (χ0v) is 15.3. The molecular weight excluding hydrogens is 357 g/mol. The second-order valence-electron chi connectivity index (χ2n) is 6.40. The zero-order chi connectivity index (χ0) is 19.8. The van der Waals surface area contributed by atoms with Crippen LogP contribution in [0.3, 0.4) is 0 Å². The van der Waals surface area contributed by atoms with Crippen LogP contribution >= 0.6 is 0 Å². The van der Waals surface area contributed by atoms with Crippen LogP contribution in [0.4, 0.5) is 4.39 Å². The first-order chi connectivity index (χ1) is 13.6. The fourth-order valence-corrected chi connectivity index (χ4v) is 2.81. The van der Waals surface area contributed by atoms with Crippen LogP contribution in [0.2, 0.25) is 0 Å². The second-order valence-corrected chi connectivity index (χ2v) is 6.40. The number of carbonyl (C=O) groups excluding carboxylic acids is 2. The van der Waals surface area contributed by atoms with Gasteiger partial charge in [-0.25, -0.2) is 4.39 Å². The SMILES string of the molecule is O=C(CCC(=O)N(Cc1ccncc1)Cc1cccnc1)c1ccc(F)cc1. The lowest BCUT2D eigenvalue weighted by Crippen LogP contribution is -2.30. The summed E-state index contributed by atoms with van der Waals surface area (Å²) in [6, 6.07) is 12.8. The molecule has 1 aromatic carbocycles. The molecule has 2 aromatic heterocycles. The number of benzene rings is 1. The van der Waals surface area contributed by atoms with Crippen molar-refractivity contribution in [2.75, 3.05) is 0 Å². The highest BCUT2D eigenvalue weighted by molar-refractivity contribution is 5.97. The normalized spacial score (nSPS) is 10.5.